The van der Waals surface area contributed by atoms with Gasteiger partial charge in [-0.25, -0.2) is 4.79 Å². The molecule has 0 radical (unpaired) electrons. The van der Waals surface area contributed by atoms with Gasteiger partial charge in [-0.2, -0.15) is 0 Å². The second kappa shape index (κ2) is 10.9. The van der Waals surface area contributed by atoms with Crippen molar-refractivity contribution in [1.29, 1.82) is 0 Å². The summed E-state index contributed by atoms with van der Waals surface area (Å²) in [7, 11) is 0. The molecular formula is C27H32N2O6. The Balaban J connectivity index is 1.22. The van der Waals surface area contributed by atoms with E-state index in [-0.39, 0.29) is 37.4 Å². The summed E-state index contributed by atoms with van der Waals surface area (Å²) in [5.41, 5.74) is 3.66. The summed E-state index contributed by atoms with van der Waals surface area (Å²) >= 11 is 0. The first kappa shape index (κ1) is 24.7. The van der Waals surface area contributed by atoms with Gasteiger partial charge in [-0.3, -0.25) is 9.59 Å². The fourth-order valence-electron chi connectivity index (χ4n) is 4.85. The van der Waals surface area contributed by atoms with Crippen LogP contribution in [0.5, 0.6) is 0 Å². The summed E-state index contributed by atoms with van der Waals surface area (Å²) in [6.45, 7) is 2.88. The quantitative estimate of drug-likeness (QED) is 0.504. The van der Waals surface area contributed by atoms with Crippen molar-refractivity contribution in [2.24, 2.45) is 5.41 Å². The van der Waals surface area contributed by atoms with Crippen molar-refractivity contribution in [3.05, 3.63) is 59.7 Å². The van der Waals surface area contributed by atoms with E-state index in [4.69, 9.17) is 9.47 Å². The molecule has 0 aromatic heterocycles. The van der Waals surface area contributed by atoms with Crippen molar-refractivity contribution in [2.45, 2.75) is 44.6 Å². The number of carboxylic acids is 1. The zero-order chi connectivity index (χ0) is 24.8. The minimum absolute atomic E-state index is 0.0130. The molecule has 1 atom stereocenters. The third-order valence-corrected chi connectivity index (χ3v) is 7.04. The fourth-order valence-corrected chi connectivity index (χ4v) is 4.85. The standard InChI is InChI=1S/C27H32N2O6/c1-18(10-11-24(30)28-17-27(25(31)32)12-14-34-15-13-27)29-26(33)35-16-23-21-8-4-2-6-19(21)20-7-3-5-9-22(20)23/h2-9,18,23H,10-17H2,1H3,(H,28,30)(H,29,33)(H,31,32). The van der Waals surface area contributed by atoms with Crippen LogP contribution in [0.25, 0.3) is 11.1 Å². The normalized spacial score (nSPS) is 17.1. The van der Waals surface area contributed by atoms with E-state index >= 15 is 0 Å². The number of carbonyl (C=O) groups is 3. The van der Waals surface area contributed by atoms with Gasteiger partial charge in [-0.15, -0.1) is 0 Å². The van der Waals surface area contributed by atoms with Crippen LogP contribution in [0.15, 0.2) is 48.5 Å². The summed E-state index contributed by atoms with van der Waals surface area (Å²) in [4.78, 5) is 36.4. The third-order valence-electron chi connectivity index (χ3n) is 7.04. The van der Waals surface area contributed by atoms with Crippen molar-refractivity contribution in [2.75, 3.05) is 26.4 Å². The molecule has 1 saturated heterocycles. The first-order chi connectivity index (χ1) is 16.9. The second-order valence-electron chi connectivity index (χ2n) is 9.38. The van der Waals surface area contributed by atoms with Crippen LogP contribution in [0.2, 0.25) is 0 Å². The number of carbonyl (C=O) groups excluding carboxylic acids is 2. The molecule has 2 aliphatic rings. The fraction of sp³-hybridized carbons (Fsp3) is 0.444. The third kappa shape index (κ3) is 5.65. The summed E-state index contributed by atoms with van der Waals surface area (Å²) in [6, 6.07) is 16.0. The number of fused-ring (bicyclic) bond motifs is 3. The van der Waals surface area contributed by atoms with Gasteiger partial charge in [-0.05, 0) is 48.4 Å². The molecule has 1 unspecified atom stereocenters. The van der Waals surface area contributed by atoms with E-state index in [2.05, 4.69) is 34.9 Å². The molecule has 4 rings (SSSR count). The molecule has 2 aromatic rings. The van der Waals surface area contributed by atoms with Gasteiger partial charge >= 0.3 is 12.1 Å². The van der Waals surface area contributed by atoms with Gasteiger partial charge in [0.1, 0.15) is 6.61 Å². The Morgan fingerprint density at radius 3 is 2.26 bits per heavy atom. The largest absolute Gasteiger partial charge is 0.481 e. The predicted molar refractivity (Wildman–Crippen MR) is 130 cm³/mol. The van der Waals surface area contributed by atoms with Gasteiger partial charge in [0.15, 0.2) is 0 Å². The van der Waals surface area contributed by atoms with E-state index in [0.717, 1.165) is 11.1 Å². The van der Waals surface area contributed by atoms with Gasteiger partial charge in [0.25, 0.3) is 0 Å². The zero-order valence-corrected chi connectivity index (χ0v) is 19.9. The highest BCUT2D eigenvalue weighted by molar-refractivity contribution is 5.80. The van der Waals surface area contributed by atoms with Gasteiger partial charge in [-0.1, -0.05) is 48.5 Å². The number of rotatable bonds is 9. The molecule has 8 nitrogen and oxygen atoms in total. The first-order valence-corrected chi connectivity index (χ1v) is 12.1. The second-order valence-corrected chi connectivity index (χ2v) is 9.38. The Morgan fingerprint density at radius 1 is 1.06 bits per heavy atom. The van der Waals surface area contributed by atoms with Crippen molar-refractivity contribution >= 4 is 18.0 Å². The summed E-state index contributed by atoms with van der Waals surface area (Å²) in [5, 5.41) is 15.1. The maximum atomic E-state index is 12.4. The summed E-state index contributed by atoms with van der Waals surface area (Å²) in [5.74, 6) is -1.16. The van der Waals surface area contributed by atoms with Crippen LogP contribution in [0.1, 0.15) is 49.7 Å². The van der Waals surface area contributed by atoms with Crippen molar-refractivity contribution in [3.8, 4) is 11.1 Å². The number of alkyl carbamates (subject to hydrolysis) is 1. The molecular weight excluding hydrogens is 448 g/mol. The number of nitrogens with one attached hydrogen (secondary N) is 2. The maximum Gasteiger partial charge on any atom is 0.407 e. The number of ether oxygens (including phenoxy) is 2. The van der Waals surface area contributed by atoms with Crippen LogP contribution in [-0.4, -0.2) is 55.5 Å². The van der Waals surface area contributed by atoms with Crippen LogP contribution < -0.4 is 10.6 Å². The molecule has 2 aromatic carbocycles. The zero-order valence-electron chi connectivity index (χ0n) is 19.9. The SMILES string of the molecule is CC(CCC(=O)NCC1(C(=O)O)CCOCC1)NC(=O)OCC1c2ccccc2-c2ccccc21. The number of aliphatic carboxylic acids is 1. The molecule has 1 heterocycles. The van der Waals surface area contributed by atoms with E-state index in [1.807, 2.05) is 31.2 Å². The Morgan fingerprint density at radius 2 is 1.66 bits per heavy atom. The molecule has 0 bridgehead atoms. The summed E-state index contributed by atoms with van der Waals surface area (Å²) < 4.78 is 10.8. The monoisotopic (exact) mass is 480 g/mol. The molecule has 1 aliphatic heterocycles. The smallest absolute Gasteiger partial charge is 0.407 e. The Bertz CT molecular complexity index is 1030. The minimum atomic E-state index is -0.973. The molecule has 1 fully saturated rings. The minimum Gasteiger partial charge on any atom is -0.481 e. The number of benzene rings is 2. The topological polar surface area (TPSA) is 114 Å². The highest BCUT2D eigenvalue weighted by Crippen LogP contribution is 2.44. The summed E-state index contributed by atoms with van der Waals surface area (Å²) in [6.07, 6.45) is 0.827. The van der Waals surface area contributed by atoms with E-state index in [1.54, 1.807) is 0 Å². The molecule has 3 N–H and O–H groups in total. The molecule has 8 heteroatoms. The number of hydrogen-bond donors (Lipinski definition) is 3. The Kier molecular flexibility index (Phi) is 7.70. The highest BCUT2D eigenvalue weighted by Gasteiger charge is 2.40. The Labute approximate surface area is 205 Å². The van der Waals surface area contributed by atoms with Crippen LogP contribution in [-0.2, 0) is 19.1 Å². The lowest BCUT2D eigenvalue weighted by atomic mass is 9.80. The molecule has 0 spiro atoms. The van der Waals surface area contributed by atoms with Gasteiger partial charge in [0, 0.05) is 38.1 Å². The van der Waals surface area contributed by atoms with Crippen molar-refractivity contribution in [1.82, 2.24) is 10.6 Å². The van der Waals surface area contributed by atoms with E-state index in [9.17, 15) is 19.5 Å². The van der Waals surface area contributed by atoms with Gasteiger partial charge in [0.05, 0.1) is 5.41 Å². The Hall–Kier alpha value is -3.39. The van der Waals surface area contributed by atoms with E-state index in [1.165, 1.54) is 11.1 Å². The van der Waals surface area contributed by atoms with Gasteiger partial charge in [0.2, 0.25) is 5.91 Å². The molecule has 186 valence electrons. The highest BCUT2D eigenvalue weighted by atomic mass is 16.5. The van der Waals surface area contributed by atoms with Gasteiger partial charge < -0.3 is 25.2 Å². The number of hydrogen-bond acceptors (Lipinski definition) is 5. The first-order valence-electron chi connectivity index (χ1n) is 12.1. The maximum absolute atomic E-state index is 12.4. The predicted octanol–water partition coefficient (Wildman–Crippen LogP) is 3.69. The lowest BCUT2D eigenvalue weighted by molar-refractivity contribution is -0.154. The number of carboxylic acid groups (broad SMARTS) is 1. The van der Waals surface area contributed by atoms with Crippen LogP contribution in [0.3, 0.4) is 0 Å². The van der Waals surface area contributed by atoms with Crippen LogP contribution >= 0.6 is 0 Å². The lowest BCUT2D eigenvalue weighted by Crippen LogP contribution is -2.46. The average Bonchev–Trinajstić information content (AvgIpc) is 3.19. The lowest BCUT2D eigenvalue weighted by Gasteiger charge is -2.33. The molecule has 2 amide bonds. The molecule has 1 aliphatic carbocycles. The van der Waals surface area contributed by atoms with E-state index in [0.29, 0.717) is 32.5 Å². The van der Waals surface area contributed by atoms with Crippen molar-refractivity contribution < 1.29 is 29.0 Å². The average molecular weight is 481 g/mol. The van der Waals surface area contributed by atoms with Crippen molar-refractivity contribution in [3.63, 3.8) is 0 Å². The molecule has 0 saturated carbocycles. The van der Waals surface area contributed by atoms with Crippen LogP contribution in [0.4, 0.5) is 4.79 Å². The van der Waals surface area contributed by atoms with E-state index < -0.39 is 17.5 Å². The number of amides is 2. The molecule has 35 heavy (non-hydrogen) atoms. The van der Waals surface area contributed by atoms with Crippen LogP contribution in [0, 0.1) is 5.41 Å².